The molecule has 164 valence electrons. The average Bonchev–Trinajstić information content (AvgIpc) is 2.70. The summed E-state index contributed by atoms with van der Waals surface area (Å²) in [4.78, 5) is 11.7. The summed E-state index contributed by atoms with van der Waals surface area (Å²) in [5.74, 6) is -0.0730. The van der Waals surface area contributed by atoms with Gasteiger partial charge in [0.15, 0.2) is 0 Å². The second-order valence-electron chi connectivity index (χ2n) is 8.06. The fourth-order valence-corrected chi connectivity index (χ4v) is 3.41. The molecule has 28 heavy (non-hydrogen) atoms. The smallest absolute Gasteiger partial charge is 0.310 e. The second kappa shape index (κ2) is 24.0. The van der Waals surface area contributed by atoms with Crippen LogP contribution in [0, 0.1) is 0 Å². The van der Waals surface area contributed by atoms with Gasteiger partial charge in [-0.15, -0.1) is 0 Å². The van der Waals surface area contributed by atoms with Crippen molar-refractivity contribution >= 4 is 5.97 Å². The van der Waals surface area contributed by atoms with E-state index in [1.165, 1.54) is 96.3 Å². The van der Waals surface area contributed by atoms with Crippen LogP contribution in [0.1, 0.15) is 136 Å². The van der Waals surface area contributed by atoms with Gasteiger partial charge in [-0.05, 0) is 45.1 Å². The summed E-state index contributed by atoms with van der Waals surface area (Å²) >= 11 is 0. The fourth-order valence-electron chi connectivity index (χ4n) is 3.41. The van der Waals surface area contributed by atoms with Gasteiger partial charge in [-0.3, -0.25) is 4.79 Å². The van der Waals surface area contributed by atoms with Crippen LogP contribution in [0.2, 0.25) is 0 Å². The molecule has 0 saturated heterocycles. The van der Waals surface area contributed by atoms with Crippen molar-refractivity contribution in [3.05, 3.63) is 24.5 Å². The van der Waals surface area contributed by atoms with Crippen LogP contribution in [0.4, 0.5) is 0 Å². The lowest BCUT2D eigenvalue weighted by atomic mass is 10.1. The first kappa shape index (κ1) is 27.0. The molecular formula is C26H48O2. The minimum absolute atomic E-state index is 0.0730. The van der Waals surface area contributed by atoms with Crippen LogP contribution >= 0.6 is 0 Å². The molecule has 0 spiro atoms. The van der Waals surface area contributed by atoms with Crippen LogP contribution in [0.15, 0.2) is 24.5 Å². The summed E-state index contributed by atoms with van der Waals surface area (Å²) in [7, 11) is 0. The van der Waals surface area contributed by atoms with Gasteiger partial charge in [0.1, 0.15) is 0 Å². The Labute approximate surface area is 176 Å². The van der Waals surface area contributed by atoms with Crippen molar-refractivity contribution in [2.75, 3.05) is 0 Å². The van der Waals surface area contributed by atoms with Gasteiger partial charge in [0.25, 0.3) is 0 Å². The average molecular weight is 393 g/mol. The first-order chi connectivity index (χ1) is 13.8. The van der Waals surface area contributed by atoms with Crippen LogP contribution in [-0.4, -0.2) is 5.97 Å². The van der Waals surface area contributed by atoms with Crippen molar-refractivity contribution in [2.24, 2.45) is 0 Å². The Balaban J connectivity index is 3.25. The Hall–Kier alpha value is -1.05. The van der Waals surface area contributed by atoms with E-state index < -0.39 is 0 Å². The minimum Gasteiger partial charge on any atom is -0.435 e. The first-order valence-corrected chi connectivity index (χ1v) is 12.3. The molecule has 0 aromatic heterocycles. The zero-order chi connectivity index (χ0) is 20.5. The third kappa shape index (κ3) is 23.0. The highest BCUT2D eigenvalue weighted by Crippen LogP contribution is 2.12. The Morgan fingerprint density at radius 2 is 1.11 bits per heavy atom. The molecule has 0 aromatic carbocycles. The highest BCUT2D eigenvalue weighted by molar-refractivity contribution is 5.69. The first-order valence-electron chi connectivity index (χ1n) is 12.3. The van der Waals surface area contributed by atoms with Gasteiger partial charge in [0, 0.05) is 6.42 Å². The van der Waals surface area contributed by atoms with Crippen LogP contribution in [0.5, 0.6) is 0 Å². The Bertz CT molecular complexity index is 371. The maximum atomic E-state index is 11.7. The third-order valence-electron chi connectivity index (χ3n) is 5.26. The lowest BCUT2D eigenvalue weighted by Crippen LogP contribution is -1.98. The van der Waals surface area contributed by atoms with Crippen molar-refractivity contribution < 1.29 is 9.53 Å². The van der Waals surface area contributed by atoms with Crippen molar-refractivity contribution in [3.63, 3.8) is 0 Å². The topological polar surface area (TPSA) is 26.3 Å². The zero-order valence-corrected chi connectivity index (χ0v) is 19.1. The second-order valence-corrected chi connectivity index (χ2v) is 8.06. The van der Waals surface area contributed by atoms with E-state index in [0.29, 0.717) is 6.42 Å². The number of rotatable bonds is 21. The third-order valence-corrected chi connectivity index (χ3v) is 5.26. The van der Waals surface area contributed by atoms with Crippen LogP contribution in [0.25, 0.3) is 0 Å². The van der Waals surface area contributed by atoms with E-state index in [1.807, 2.05) is 6.08 Å². The number of carbonyl (C=O) groups excluding carboxylic acids is 1. The van der Waals surface area contributed by atoms with Gasteiger partial charge in [0.2, 0.25) is 0 Å². The predicted octanol–water partition coefficient (Wildman–Crippen LogP) is 9.05. The number of esters is 1. The van der Waals surface area contributed by atoms with Gasteiger partial charge >= 0.3 is 5.97 Å². The molecule has 2 heteroatoms. The maximum Gasteiger partial charge on any atom is 0.310 e. The highest BCUT2D eigenvalue weighted by atomic mass is 16.5. The molecule has 0 amide bonds. The van der Waals surface area contributed by atoms with Crippen LogP contribution in [-0.2, 0) is 9.53 Å². The fraction of sp³-hybridized carbons (Fsp3) is 0.808. The van der Waals surface area contributed by atoms with E-state index in [9.17, 15) is 4.79 Å². The molecule has 0 heterocycles. The van der Waals surface area contributed by atoms with Crippen molar-refractivity contribution in [3.8, 4) is 0 Å². The number of unbranched alkanes of at least 4 members (excludes halogenated alkanes) is 16. The molecule has 0 aliphatic carbocycles. The molecule has 0 fully saturated rings. The zero-order valence-electron chi connectivity index (χ0n) is 19.1. The van der Waals surface area contributed by atoms with Gasteiger partial charge in [-0.1, -0.05) is 103 Å². The summed E-state index contributed by atoms with van der Waals surface area (Å²) in [6, 6.07) is 0. The van der Waals surface area contributed by atoms with Gasteiger partial charge in [-0.25, -0.2) is 0 Å². The minimum atomic E-state index is -0.0730. The molecule has 0 aliphatic rings. The highest BCUT2D eigenvalue weighted by Gasteiger charge is 2.00. The summed E-state index contributed by atoms with van der Waals surface area (Å²) in [6.45, 7) is 4.35. The number of carbonyl (C=O) groups is 1. The number of hydrogen-bond acceptors (Lipinski definition) is 2. The van der Waals surface area contributed by atoms with E-state index in [1.54, 1.807) is 6.26 Å². The summed E-state index contributed by atoms with van der Waals surface area (Å²) in [5.41, 5.74) is 0. The molecule has 0 unspecified atom stereocenters. The largest absolute Gasteiger partial charge is 0.435 e. The monoisotopic (exact) mass is 392 g/mol. The van der Waals surface area contributed by atoms with Crippen molar-refractivity contribution in [1.82, 2.24) is 0 Å². The number of hydrogen-bond donors (Lipinski definition) is 0. The van der Waals surface area contributed by atoms with Crippen LogP contribution < -0.4 is 0 Å². The molecule has 0 saturated carbocycles. The van der Waals surface area contributed by atoms with E-state index in [-0.39, 0.29) is 5.97 Å². The quantitative estimate of drug-likeness (QED) is 0.0842. The van der Waals surface area contributed by atoms with Crippen LogP contribution in [0.3, 0.4) is 0 Å². The lowest BCUT2D eigenvalue weighted by Gasteiger charge is -2.02. The normalized spacial score (nSPS) is 11.6. The summed E-state index contributed by atoms with van der Waals surface area (Å²) < 4.78 is 5.18. The molecule has 0 N–H and O–H groups in total. The van der Waals surface area contributed by atoms with E-state index in [4.69, 9.17) is 4.74 Å². The van der Waals surface area contributed by atoms with E-state index in [0.717, 1.165) is 19.3 Å². The van der Waals surface area contributed by atoms with Gasteiger partial charge in [0.05, 0.1) is 6.26 Å². The van der Waals surface area contributed by atoms with E-state index in [2.05, 4.69) is 26.0 Å². The molecule has 0 bridgehead atoms. The Morgan fingerprint density at radius 1 is 0.643 bits per heavy atom. The molecule has 2 nitrogen and oxygen atoms in total. The van der Waals surface area contributed by atoms with Crippen molar-refractivity contribution in [1.29, 1.82) is 0 Å². The number of allylic oxidation sites excluding steroid dienone is 3. The lowest BCUT2D eigenvalue weighted by molar-refractivity contribution is -0.138. The summed E-state index contributed by atoms with van der Waals surface area (Å²) in [6.07, 6.45) is 31.5. The molecular weight excluding hydrogens is 344 g/mol. The molecule has 0 aliphatic heterocycles. The van der Waals surface area contributed by atoms with Crippen molar-refractivity contribution in [2.45, 2.75) is 136 Å². The SMILES string of the molecule is CC=CCCCCCCCCCCC(=O)OC=CCCCCCCCCCC. The van der Waals surface area contributed by atoms with Gasteiger partial charge in [-0.2, -0.15) is 0 Å². The molecule has 0 atom stereocenters. The number of ether oxygens (including phenoxy) is 1. The Morgan fingerprint density at radius 3 is 1.64 bits per heavy atom. The summed E-state index contributed by atoms with van der Waals surface area (Å²) in [5, 5.41) is 0. The molecule has 0 rings (SSSR count). The standard InChI is InChI=1S/C26H48O2/c1-3-5-7-9-11-13-15-16-18-20-22-24-26(27)28-25-23-21-19-17-14-12-10-8-6-4-2/h3,5,23,25H,4,6-22,24H2,1-2H3. The molecule has 0 aromatic rings. The maximum absolute atomic E-state index is 11.7. The van der Waals surface area contributed by atoms with E-state index >= 15 is 0 Å². The predicted molar refractivity (Wildman–Crippen MR) is 123 cm³/mol. The van der Waals surface area contributed by atoms with Gasteiger partial charge < -0.3 is 4.74 Å². The molecule has 0 radical (unpaired) electrons. The Kier molecular flexibility index (Phi) is 23.1.